The molecule has 1 nitrogen and oxygen atoms in total. The van der Waals surface area contributed by atoms with Crippen LogP contribution in [-0.2, 0) is 6.42 Å². The van der Waals surface area contributed by atoms with Gasteiger partial charge >= 0.3 is 0 Å². The van der Waals surface area contributed by atoms with Crippen molar-refractivity contribution in [2.24, 2.45) is 0 Å². The normalized spacial score (nSPS) is 10.5. The minimum absolute atomic E-state index is 0.00884. The van der Waals surface area contributed by atoms with Crippen LogP contribution in [0, 0.1) is 9.39 Å². The molecule has 0 aliphatic carbocycles. The summed E-state index contributed by atoms with van der Waals surface area (Å²) in [6, 6.07) is 10.1. The van der Waals surface area contributed by atoms with Crippen LogP contribution in [0.25, 0.3) is 0 Å². The van der Waals surface area contributed by atoms with Gasteiger partial charge in [-0.3, -0.25) is 4.79 Å². The third-order valence-electron chi connectivity index (χ3n) is 2.61. The van der Waals surface area contributed by atoms with E-state index in [-0.39, 0.29) is 17.2 Å². The molecule has 2 aromatic carbocycles. The van der Waals surface area contributed by atoms with Crippen LogP contribution in [0.5, 0.6) is 0 Å². The van der Waals surface area contributed by atoms with Gasteiger partial charge in [-0.1, -0.05) is 39.7 Å². The van der Waals surface area contributed by atoms with Gasteiger partial charge in [0, 0.05) is 20.0 Å². The third-order valence-corrected chi connectivity index (χ3v) is 4.27. The third kappa shape index (κ3) is 3.55. The first-order valence-corrected chi connectivity index (χ1v) is 7.65. The van der Waals surface area contributed by atoms with Crippen molar-refractivity contribution in [1.82, 2.24) is 0 Å². The standard InChI is InChI=1S/C14H8BrClFIO/c15-11-5-4-9(18)7-10(11)13(19)6-8-2-1-3-12(16)14(8)17/h1-5,7H,6H2. The quantitative estimate of drug-likeness (QED) is 0.457. The molecule has 2 rings (SSSR count). The van der Waals surface area contributed by atoms with Crippen molar-refractivity contribution < 1.29 is 9.18 Å². The van der Waals surface area contributed by atoms with E-state index in [9.17, 15) is 9.18 Å². The summed E-state index contributed by atoms with van der Waals surface area (Å²) in [5.74, 6) is -0.675. The second kappa shape index (κ2) is 6.33. The number of rotatable bonds is 3. The van der Waals surface area contributed by atoms with Gasteiger partial charge in [-0.2, -0.15) is 0 Å². The van der Waals surface area contributed by atoms with Crippen LogP contribution in [0.3, 0.4) is 0 Å². The summed E-state index contributed by atoms with van der Waals surface area (Å²) in [4.78, 5) is 12.2. The monoisotopic (exact) mass is 452 g/mol. The predicted octanol–water partition coefficient (Wildman–Crippen LogP) is 5.27. The van der Waals surface area contributed by atoms with Crippen LogP contribution in [0.2, 0.25) is 5.02 Å². The molecule has 0 saturated heterocycles. The second-order valence-corrected chi connectivity index (χ2v) is 6.44. The maximum atomic E-state index is 13.8. The van der Waals surface area contributed by atoms with Gasteiger partial charge in [0.15, 0.2) is 5.78 Å². The van der Waals surface area contributed by atoms with Crippen LogP contribution < -0.4 is 0 Å². The van der Waals surface area contributed by atoms with Crippen LogP contribution in [0.1, 0.15) is 15.9 Å². The average Bonchev–Trinajstić information content (AvgIpc) is 2.38. The van der Waals surface area contributed by atoms with Crippen molar-refractivity contribution in [3.63, 3.8) is 0 Å². The molecule has 0 aliphatic rings. The fourth-order valence-corrected chi connectivity index (χ4v) is 2.82. The highest BCUT2D eigenvalue weighted by Gasteiger charge is 2.15. The molecule has 0 saturated carbocycles. The van der Waals surface area contributed by atoms with Crippen LogP contribution >= 0.6 is 50.1 Å². The van der Waals surface area contributed by atoms with Gasteiger partial charge in [-0.25, -0.2) is 4.39 Å². The maximum absolute atomic E-state index is 13.8. The highest BCUT2D eigenvalue weighted by Crippen LogP contribution is 2.23. The number of carbonyl (C=O) groups is 1. The van der Waals surface area contributed by atoms with Crippen molar-refractivity contribution in [2.45, 2.75) is 6.42 Å². The molecular weight excluding hydrogens is 445 g/mol. The van der Waals surface area contributed by atoms with Gasteiger partial charge in [0.05, 0.1) is 5.02 Å². The Labute approximate surface area is 137 Å². The lowest BCUT2D eigenvalue weighted by Crippen LogP contribution is -2.06. The second-order valence-electron chi connectivity index (χ2n) is 3.94. The Kier molecular flexibility index (Phi) is 4.97. The lowest BCUT2D eigenvalue weighted by molar-refractivity contribution is 0.0991. The minimum Gasteiger partial charge on any atom is -0.294 e. The summed E-state index contributed by atoms with van der Waals surface area (Å²) in [5, 5.41) is 0.0343. The van der Waals surface area contributed by atoms with Gasteiger partial charge in [-0.05, 0) is 52.4 Å². The Bertz CT molecular complexity index is 645. The van der Waals surface area contributed by atoms with Gasteiger partial charge in [-0.15, -0.1) is 0 Å². The summed E-state index contributed by atoms with van der Waals surface area (Å²) < 4.78 is 15.4. The first-order valence-electron chi connectivity index (χ1n) is 5.40. The van der Waals surface area contributed by atoms with E-state index in [0.717, 1.165) is 3.57 Å². The van der Waals surface area contributed by atoms with Crippen molar-refractivity contribution in [3.05, 3.63) is 66.4 Å². The van der Waals surface area contributed by atoms with Gasteiger partial charge in [0.1, 0.15) is 5.82 Å². The molecule has 0 unspecified atom stereocenters. The molecule has 19 heavy (non-hydrogen) atoms. The van der Waals surface area contributed by atoms with E-state index in [0.29, 0.717) is 15.6 Å². The zero-order valence-electron chi connectivity index (χ0n) is 9.59. The Morgan fingerprint density at radius 2 is 2.05 bits per heavy atom. The minimum atomic E-state index is -0.528. The van der Waals surface area contributed by atoms with E-state index in [1.54, 1.807) is 18.2 Å². The van der Waals surface area contributed by atoms with Gasteiger partial charge in [0.25, 0.3) is 0 Å². The average molecular weight is 453 g/mol. The van der Waals surface area contributed by atoms with Crippen LogP contribution in [0.15, 0.2) is 40.9 Å². The zero-order valence-corrected chi connectivity index (χ0v) is 14.1. The Hall–Kier alpha value is -0.460. The molecule has 0 heterocycles. The van der Waals surface area contributed by atoms with E-state index in [1.165, 1.54) is 6.07 Å². The number of benzene rings is 2. The predicted molar refractivity (Wildman–Crippen MR) is 86.3 cm³/mol. The highest BCUT2D eigenvalue weighted by atomic mass is 127. The molecule has 0 radical (unpaired) electrons. The molecule has 0 aromatic heterocycles. The Morgan fingerprint density at radius 3 is 2.79 bits per heavy atom. The Morgan fingerprint density at radius 1 is 1.32 bits per heavy atom. The molecule has 0 amide bonds. The highest BCUT2D eigenvalue weighted by molar-refractivity contribution is 14.1. The van der Waals surface area contributed by atoms with E-state index >= 15 is 0 Å². The van der Waals surface area contributed by atoms with Crippen molar-refractivity contribution in [1.29, 1.82) is 0 Å². The summed E-state index contributed by atoms with van der Waals surface area (Å²) in [7, 11) is 0. The molecule has 98 valence electrons. The van der Waals surface area contributed by atoms with Gasteiger partial charge < -0.3 is 0 Å². The van der Waals surface area contributed by atoms with Crippen molar-refractivity contribution >= 4 is 55.9 Å². The molecular formula is C14H8BrClFIO. The molecule has 2 aromatic rings. The van der Waals surface area contributed by atoms with Gasteiger partial charge in [0.2, 0.25) is 0 Å². The molecule has 0 bridgehead atoms. The summed E-state index contributed by atoms with van der Waals surface area (Å²) >= 11 is 11.2. The van der Waals surface area contributed by atoms with E-state index in [2.05, 4.69) is 38.5 Å². The number of carbonyl (C=O) groups excluding carboxylic acids is 1. The summed E-state index contributed by atoms with van der Waals surface area (Å²) in [6.45, 7) is 0. The first kappa shape index (κ1) is 14.9. The topological polar surface area (TPSA) is 17.1 Å². The number of hydrogen-bond donors (Lipinski definition) is 0. The molecule has 0 spiro atoms. The first-order chi connectivity index (χ1) is 8.99. The summed E-state index contributed by atoms with van der Waals surface area (Å²) in [6.07, 6.45) is -0.00884. The molecule has 0 aliphatic heterocycles. The maximum Gasteiger partial charge on any atom is 0.168 e. The summed E-state index contributed by atoms with van der Waals surface area (Å²) in [5.41, 5.74) is 0.856. The molecule has 0 N–H and O–H groups in total. The fraction of sp³-hybridized carbons (Fsp3) is 0.0714. The number of Topliss-reactive ketones (excluding diaryl/α,β-unsaturated/α-hetero) is 1. The Balaban J connectivity index is 2.31. The van der Waals surface area contributed by atoms with Crippen molar-refractivity contribution in [2.75, 3.05) is 0 Å². The molecule has 0 atom stereocenters. The lowest BCUT2D eigenvalue weighted by atomic mass is 10.0. The smallest absolute Gasteiger partial charge is 0.168 e. The zero-order chi connectivity index (χ0) is 14.0. The molecule has 0 fully saturated rings. The molecule has 5 heteroatoms. The van der Waals surface area contributed by atoms with Crippen LogP contribution in [0.4, 0.5) is 4.39 Å². The lowest BCUT2D eigenvalue weighted by Gasteiger charge is -2.06. The van der Waals surface area contributed by atoms with E-state index in [4.69, 9.17) is 11.6 Å². The number of ketones is 1. The fourth-order valence-electron chi connectivity index (χ4n) is 1.66. The van der Waals surface area contributed by atoms with Crippen LogP contribution in [-0.4, -0.2) is 5.78 Å². The number of halogens is 4. The SMILES string of the molecule is O=C(Cc1cccc(Cl)c1F)c1cc(I)ccc1Br. The van der Waals surface area contributed by atoms with E-state index in [1.807, 2.05) is 12.1 Å². The van der Waals surface area contributed by atoms with E-state index < -0.39 is 5.82 Å². The largest absolute Gasteiger partial charge is 0.294 e. The number of hydrogen-bond acceptors (Lipinski definition) is 1. The van der Waals surface area contributed by atoms with Crippen molar-refractivity contribution in [3.8, 4) is 0 Å².